The highest BCUT2D eigenvalue weighted by Gasteiger charge is 2.53. The summed E-state index contributed by atoms with van der Waals surface area (Å²) < 4.78 is 30.0. The van der Waals surface area contributed by atoms with Crippen molar-refractivity contribution in [1.29, 1.82) is 0 Å². The van der Waals surface area contributed by atoms with Gasteiger partial charge < -0.3 is 64.8 Å². The summed E-state index contributed by atoms with van der Waals surface area (Å²) in [4.78, 5) is 119. The molecule has 3 saturated heterocycles. The van der Waals surface area contributed by atoms with Crippen molar-refractivity contribution in [3.8, 4) is 0 Å². The molecule has 5 aliphatic rings. The number of alkyl carbamates (subject to hydrolysis) is 1. The summed E-state index contributed by atoms with van der Waals surface area (Å²) in [6.07, 6.45) is 13.2. The minimum Gasteiger partial charge on any atom is -0.459 e. The fourth-order valence-electron chi connectivity index (χ4n) is 12.5. The Morgan fingerprint density at radius 3 is 2.09 bits per heavy atom. The van der Waals surface area contributed by atoms with E-state index in [1.807, 2.05) is 54.0 Å². The van der Waals surface area contributed by atoms with Gasteiger partial charge in [0, 0.05) is 120 Å². The van der Waals surface area contributed by atoms with Gasteiger partial charge in [-0.05, 0) is 108 Å². The molecule has 488 valence electrons. The molecule has 89 heavy (non-hydrogen) atoms. The van der Waals surface area contributed by atoms with E-state index in [2.05, 4.69) is 25.3 Å². The zero-order valence-electron chi connectivity index (χ0n) is 53.0. The number of carbonyl (C=O) groups is 7. The van der Waals surface area contributed by atoms with E-state index in [1.54, 1.807) is 40.3 Å². The zero-order chi connectivity index (χ0) is 64.7. The van der Waals surface area contributed by atoms with E-state index in [0.717, 1.165) is 10.5 Å². The number of anilines is 2. The molecule has 6 heterocycles. The van der Waals surface area contributed by atoms with E-state index in [0.29, 0.717) is 101 Å². The third-order valence-corrected chi connectivity index (χ3v) is 18.2. The van der Waals surface area contributed by atoms with Gasteiger partial charge >= 0.3 is 12.1 Å². The molecule has 15 atom stereocenters. The molecule has 7 rings (SSSR count). The highest BCUT2D eigenvalue weighted by Crippen LogP contribution is 2.38. The fraction of sp³-hybridized carbons (Fsp3) is 0.646. The van der Waals surface area contributed by atoms with Crippen LogP contribution in [0.5, 0.6) is 0 Å². The van der Waals surface area contributed by atoms with Crippen molar-refractivity contribution in [3.63, 3.8) is 0 Å². The van der Waals surface area contributed by atoms with Crippen molar-refractivity contribution < 1.29 is 72.6 Å². The first-order valence-electron chi connectivity index (χ1n) is 31.4. The molecule has 4 aliphatic heterocycles. The number of aliphatic hydroxyl groups excluding tert-OH is 2. The number of nitrogens with zero attached hydrogens (tertiary/aromatic N) is 7. The van der Waals surface area contributed by atoms with Gasteiger partial charge in [0.15, 0.2) is 11.6 Å². The fourth-order valence-corrected chi connectivity index (χ4v) is 12.5. The maximum Gasteiger partial charge on any atom is 0.407 e. The van der Waals surface area contributed by atoms with Crippen LogP contribution in [0, 0.1) is 29.6 Å². The number of esters is 1. The lowest BCUT2D eigenvalue weighted by molar-refractivity contribution is -0.265. The molecule has 2 amide bonds. The summed E-state index contributed by atoms with van der Waals surface area (Å²) in [6.45, 7) is 14.3. The van der Waals surface area contributed by atoms with Crippen LogP contribution in [-0.4, -0.2) is 189 Å². The third-order valence-electron chi connectivity index (χ3n) is 18.2. The average Bonchev–Trinajstić information content (AvgIpc) is 1.02. The average molecular weight is 1240 g/mol. The number of aromatic nitrogens is 4. The second kappa shape index (κ2) is 32.4. The van der Waals surface area contributed by atoms with Crippen molar-refractivity contribution in [2.75, 3.05) is 56.7 Å². The largest absolute Gasteiger partial charge is 0.459 e. The van der Waals surface area contributed by atoms with E-state index in [1.165, 1.54) is 39.4 Å². The molecular formula is C65H93N9O15. The van der Waals surface area contributed by atoms with Crippen LogP contribution in [0.15, 0.2) is 72.4 Å². The predicted molar refractivity (Wildman–Crippen MR) is 329 cm³/mol. The maximum absolute atomic E-state index is 14.6. The molecule has 0 radical (unpaired) electrons. The highest BCUT2D eigenvalue weighted by atomic mass is 16.6. The summed E-state index contributed by atoms with van der Waals surface area (Å²) >= 11 is 0. The lowest BCUT2D eigenvalue weighted by Crippen LogP contribution is -2.61. The molecule has 2 aromatic rings. The topological polar surface area (TPSA) is 326 Å². The van der Waals surface area contributed by atoms with Crippen molar-refractivity contribution >= 4 is 53.0 Å². The van der Waals surface area contributed by atoms with Crippen LogP contribution < -0.4 is 20.9 Å². The number of carbonyl (C=O) groups excluding carboxylic acids is 7. The van der Waals surface area contributed by atoms with E-state index in [4.69, 9.17) is 29.4 Å². The number of piperazine rings is 1. The quantitative estimate of drug-likeness (QED) is 0.0829. The minimum atomic E-state index is -2.50. The predicted octanol–water partition coefficient (Wildman–Crippen LogP) is 5.26. The number of aliphatic hydroxyl groups is 3. The number of fused-ring (bicyclic) bond motifs is 3. The normalized spacial score (nSPS) is 33.6. The number of ether oxygens (including phenoxy) is 5. The lowest BCUT2D eigenvalue weighted by atomic mass is 9.80. The van der Waals surface area contributed by atoms with Crippen LogP contribution in [0.4, 0.5) is 16.7 Å². The van der Waals surface area contributed by atoms with Gasteiger partial charge in [-0.1, -0.05) is 64.2 Å². The van der Waals surface area contributed by atoms with Crippen molar-refractivity contribution in [2.24, 2.45) is 35.3 Å². The van der Waals surface area contributed by atoms with Crippen molar-refractivity contribution in [2.45, 2.75) is 193 Å². The van der Waals surface area contributed by atoms with E-state index in [9.17, 15) is 48.9 Å². The highest BCUT2D eigenvalue weighted by molar-refractivity contribution is 6.39. The molecule has 2 bridgehead atoms. The van der Waals surface area contributed by atoms with Crippen molar-refractivity contribution in [1.82, 2.24) is 30.2 Å². The van der Waals surface area contributed by atoms with Gasteiger partial charge in [-0.15, -0.1) is 0 Å². The Labute approximate surface area is 522 Å². The number of Topliss-reactive ketones (excluding diaryl/α,β-unsaturated/α-hetero) is 4. The molecule has 4 fully saturated rings. The molecule has 0 aromatic carbocycles. The SMILES string of the molecule is CO[C@H]1C[C@@H]2CC[C@@H](C)[C@@](O)(O2)C(=O)C(=O)N2CCCC[C@H]2C(=O)O[C@H]([C@H](N)C[C@@H]2CC[C@@H](OC(=O)NCc3cnc(N4CCN(c5ncc(C(C)=O)cn5)CC4)nc3)[C@H](OC)C2)CC(=O)[C@H](C)/C=C(\C)[C@@H](O)[C@@H](O)C(=O)[C@H](C)C[C@H](C)/C=C/C=C/C=C/1C. The Hall–Kier alpha value is -6.67. The van der Waals surface area contributed by atoms with Gasteiger partial charge in [0.1, 0.15) is 36.2 Å². The molecule has 0 unspecified atom stereocenters. The van der Waals surface area contributed by atoms with Gasteiger partial charge in [-0.25, -0.2) is 29.5 Å². The number of hydrogen-bond donors (Lipinski definition) is 5. The number of piperidine rings is 1. The standard InChI is InChI=1S/C65H93N9O15/c1-38-15-11-10-12-16-39(2)53(85-8)31-48-20-18-43(6)65(84,89-48)59(80)60(81)74-22-14-13-17-50(74)61(82)87-54(32-51(76)40(3)28-42(5)57(78)58(79)56(77)41(4)27-38)49(66)29-45-19-21-52(55(30-45)86-9)88-64(83)71-35-46-33-67-62(68-34-46)72-23-25-73(26-24-72)63-69-36-47(37-70-63)44(7)75/h10-12,15-16,28,33-34,36-38,40-41,43,45,48-50,52-55,57-58,78-79,84H,13-14,17-27,29-32,35,66H2,1-9H3,(H,71,83)/b12-10+,15-11+,39-16+,42-28+/t38-,40-,41-,43-,45+,48+,49-,50+,52-,53+,54+,55-,57-,58+,65-/m1/s1. The number of ketones is 4. The van der Waals surface area contributed by atoms with Gasteiger partial charge in [0.25, 0.3) is 11.7 Å². The first kappa shape index (κ1) is 69.8. The number of rotatable bonds is 11. The molecule has 6 N–H and O–H groups in total. The van der Waals surface area contributed by atoms with Crippen LogP contribution in [0.1, 0.15) is 141 Å². The molecular weight excluding hydrogens is 1150 g/mol. The molecule has 24 nitrogen and oxygen atoms in total. The number of cyclic esters (lactones) is 1. The number of methoxy groups -OCH3 is 2. The lowest BCUT2D eigenvalue weighted by Gasteiger charge is -2.42. The van der Waals surface area contributed by atoms with E-state index >= 15 is 0 Å². The summed E-state index contributed by atoms with van der Waals surface area (Å²) in [5.41, 5.74) is 9.12. The number of nitrogens with two attached hydrogens (primary N) is 1. The Bertz CT molecular complexity index is 2900. The number of nitrogens with one attached hydrogen (secondary N) is 1. The molecule has 0 spiro atoms. The second-order valence-electron chi connectivity index (χ2n) is 25.0. The van der Waals surface area contributed by atoms with Crippen LogP contribution in [0.3, 0.4) is 0 Å². The first-order valence-corrected chi connectivity index (χ1v) is 31.4. The van der Waals surface area contributed by atoms with E-state index < -0.39 is 120 Å². The molecule has 2 aromatic heterocycles. The monoisotopic (exact) mass is 1240 g/mol. The number of amides is 2. The zero-order valence-corrected chi connectivity index (χ0v) is 53.0. The molecule has 1 aliphatic carbocycles. The third kappa shape index (κ3) is 18.5. The summed E-state index contributed by atoms with van der Waals surface area (Å²) in [5.74, 6) is -8.26. The Balaban J connectivity index is 1.02. The summed E-state index contributed by atoms with van der Waals surface area (Å²) in [5, 5.41) is 37.3. The van der Waals surface area contributed by atoms with Gasteiger partial charge in [-0.2, -0.15) is 0 Å². The smallest absolute Gasteiger partial charge is 0.407 e. The van der Waals surface area contributed by atoms with Crippen molar-refractivity contribution in [3.05, 3.63) is 83.5 Å². The Morgan fingerprint density at radius 1 is 0.787 bits per heavy atom. The van der Waals surface area contributed by atoms with Gasteiger partial charge in [-0.3, -0.25) is 24.0 Å². The van der Waals surface area contributed by atoms with E-state index in [-0.39, 0.29) is 55.5 Å². The number of allylic oxidation sites excluding steroid dienone is 6. The van der Waals surface area contributed by atoms with Gasteiger partial charge in [0.05, 0.1) is 23.9 Å². The van der Waals surface area contributed by atoms with Crippen LogP contribution >= 0.6 is 0 Å². The minimum absolute atomic E-state index is 0.00375. The van der Waals surface area contributed by atoms with Crippen LogP contribution in [0.25, 0.3) is 0 Å². The number of hydrogen-bond acceptors (Lipinski definition) is 22. The van der Waals surface area contributed by atoms with Crippen LogP contribution in [-0.2, 0) is 54.2 Å². The maximum atomic E-state index is 14.6. The van der Waals surface area contributed by atoms with Gasteiger partial charge in [0.2, 0.25) is 17.7 Å². The summed E-state index contributed by atoms with van der Waals surface area (Å²) in [6, 6.07) is -2.24. The molecule has 24 heteroatoms. The summed E-state index contributed by atoms with van der Waals surface area (Å²) in [7, 11) is 3.07. The van der Waals surface area contributed by atoms with Crippen LogP contribution in [0.2, 0.25) is 0 Å². The first-order chi connectivity index (χ1) is 42.4. The second-order valence-corrected chi connectivity index (χ2v) is 25.0. The Kier molecular flexibility index (Phi) is 25.4. The Morgan fingerprint density at radius 2 is 1.45 bits per heavy atom. The molecule has 1 saturated carbocycles.